The van der Waals surface area contributed by atoms with E-state index in [0.717, 1.165) is 5.56 Å². The summed E-state index contributed by atoms with van der Waals surface area (Å²) in [5.41, 5.74) is 1.82. The van der Waals surface area contributed by atoms with Crippen LogP contribution in [-0.4, -0.2) is 31.8 Å². The first-order valence-corrected chi connectivity index (χ1v) is 9.20. The molecule has 0 aromatic heterocycles. The van der Waals surface area contributed by atoms with Crippen LogP contribution in [0.2, 0.25) is 5.02 Å². The number of allylic oxidation sites excluding steroid dienone is 1. The molecule has 2 heterocycles. The zero-order valence-electron chi connectivity index (χ0n) is 15.7. The molecule has 4 rings (SSSR count). The van der Waals surface area contributed by atoms with E-state index >= 15 is 0 Å². The fourth-order valence-electron chi connectivity index (χ4n) is 3.12. The van der Waals surface area contributed by atoms with Gasteiger partial charge in [-0.1, -0.05) is 11.6 Å². The van der Waals surface area contributed by atoms with Gasteiger partial charge in [0.05, 0.1) is 19.3 Å². The average molecular weight is 417 g/mol. The second-order valence-electron chi connectivity index (χ2n) is 6.47. The van der Waals surface area contributed by atoms with Crippen LogP contribution in [0.1, 0.15) is 28.4 Å². The first-order valence-electron chi connectivity index (χ1n) is 8.82. The first-order chi connectivity index (χ1) is 14.0. The van der Waals surface area contributed by atoms with Crippen LogP contribution in [0.4, 0.5) is 0 Å². The van der Waals surface area contributed by atoms with Gasteiger partial charge in [-0.15, -0.1) is 0 Å². The topological polar surface area (TPSA) is 80.3 Å². The van der Waals surface area contributed by atoms with Gasteiger partial charge in [-0.05, 0) is 37.3 Å². The number of benzene rings is 2. The molecule has 0 aliphatic carbocycles. The van der Waals surface area contributed by atoms with Crippen LogP contribution in [0.15, 0.2) is 36.1 Å². The minimum Gasteiger partial charge on any atom is -0.479 e. The number of carbonyl (C=O) groups excluding carboxylic acids is 2. The van der Waals surface area contributed by atoms with Crippen LogP contribution in [0.25, 0.3) is 6.08 Å². The van der Waals surface area contributed by atoms with E-state index in [1.165, 1.54) is 7.11 Å². The van der Waals surface area contributed by atoms with Crippen LogP contribution < -0.4 is 14.2 Å². The van der Waals surface area contributed by atoms with E-state index in [1.54, 1.807) is 43.3 Å². The molecule has 150 valence electrons. The van der Waals surface area contributed by atoms with Gasteiger partial charge >= 0.3 is 5.97 Å². The van der Waals surface area contributed by atoms with Gasteiger partial charge < -0.3 is 23.7 Å². The van der Waals surface area contributed by atoms with E-state index in [-0.39, 0.29) is 18.3 Å². The fourth-order valence-corrected chi connectivity index (χ4v) is 3.37. The molecule has 2 aliphatic heterocycles. The highest BCUT2D eigenvalue weighted by Gasteiger charge is 2.29. The molecule has 7 nitrogen and oxygen atoms in total. The number of halogens is 1. The van der Waals surface area contributed by atoms with Crippen molar-refractivity contribution in [1.82, 2.24) is 0 Å². The van der Waals surface area contributed by atoms with E-state index in [9.17, 15) is 9.59 Å². The molecule has 0 unspecified atom stereocenters. The van der Waals surface area contributed by atoms with E-state index in [1.807, 2.05) is 0 Å². The Morgan fingerprint density at radius 2 is 2.10 bits per heavy atom. The molecule has 0 radical (unpaired) electrons. The van der Waals surface area contributed by atoms with Crippen molar-refractivity contribution in [2.45, 2.75) is 19.6 Å². The lowest BCUT2D eigenvalue weighted by Crippen LogP contribution is -2.24. The summed E-state index contributed by atoms with van der Waals surface area (Å²) in [4.78, 5) is 24.3. The molecule has 0 saturated heterocycles. The van der Waals surface area contributed by atoms with Gasteiger partial charge in [-0.25, -0.2) is 4.79 Å². The normalized spacial score (nSPS) is 17.1. The summed E-state index contributed by atoms with van der Waals surface area (Å²) in [5, 5.41) is 0.500. The Bertz CT molecular complexity index is 1030. The van der Waals surface area contributed by atoms with Crippen molar-refractivity contribution in [2.75, 3.05) is 13.9 Å². The molecule has 2 aromatic rings. The van der Waals surface area contributed by atoms with Crippen LogP contribution in [0.3, 0.4) is 0 Å². The molecule has 0 bridgehead atoms. The molecule has 0 N–H and O–H groups in total. The maximum atomic E-state index is 12.7. The van der Waals surface area contributed by atoms with Gasteiger partial charge in [0, 0.05) is 22.2 Å². The van der Waals surface area contributed by atoms with Crippen molar-refractivity contribution in [1.29, 1.82) is 0 Å². The van der Waals surface area contributed by atoms with Gasteiger partial charge in [0.1, 0.15) is 17.2 Å². The van der Waals surface area contributed by atoms with Crippen LogP contribution >= 0.6 is 11.6 Å². The number of hydrogen-bond donors (Lipinski definition) is 0. The molecule has 0 saturated carbocycles. The fraction of sp³-hybridized carbons (Fsp3) is 0.238. The largest absolute Gasteiger partial charge is 0.479 e. The summed E-state index contributed by atoms with van der Waals surface area (Å²) >= 11 is 6.18. The minimum absolute atomic E-state index is 0.124. The maximum Gasteiger partial charge on any atom is 0.346 e. The molecule has 8 heteroatoms. The smallest absolute Gasteiger partial charge is 0.346 e. The lowest BCUT2D eigenvalue weighted by atomic mass is 10.1. The van der Waals surface area contributed by atoms with Crippen molar-refractivity contribution in [3.05, 3.63) is 57.8 Å². The molecule has 2 aromatic carbocycles. The second kappa shape index (κ2) is 7.77. The van der Waals surface area contributed by atoms with Crippen molar-refractivity contribution in [3.63, 3.8) is 0 Å². The first kappa shape index (κ1) is 19.3. The van der Waals surface area contributed by atoms with Crippen LogP contribution in [-0.2, 0) is 20.9 Å². The number of esters is 1. The lowest BCUT2D eigenvalue weighted by Gasteiger charge is -2.20. The highest BCUT2D eigenvalue weighted by Crippen LogP contribution is 2.38. The second-order valence-corrected chi connectivity index (χ2v) is 6.91. The number of hydrogen-bond acceptors (Lipinski definition) is 7. The Hall–Kier alpha value is -3.03. The molecular weight excluding hydrogens is 400 g/mol. The maximum absolute atomic E-state index is 12.7. The SMILES string of the molecule is COC(=O)[C@H](C)Oc1ccc2c(c1)O/C(=C\c1cc(Cl)cc3c1OCOC3)C2=O. The number of rotatable bonds is 4. The summed E-state index contributed by atoms with van der Waals surface area (Å²) in [6, 6.07) is 8.21. The zero-order chi connectivity index (χ0) is 20.5. The summed E-state index contributed by atoms with van der Waals surface area (Å²) in [7, 11) is 1.29. The van der Waals surface area contributed by atoms with Crippen molar-refractivity contribution in [3.8, 4) is 17.2 Å². The Morgan fingerprint density at radius 1 is 1.28 bits per heavy atom. The summed E-state index contributed by atoms with van der Waals surface area (Å²) in [6.45, 7) is 2.07. The molecule has 0 amide bonds. The highest BCUT2D eigenvalue weighted by molar-refractivity contribution is 6.31. The molecular formula is C21H17ClO7. The van der Waals surface area contributed by atoms with Crippen molar-refractivity contribution >= 4 is 29.4 Å². The molecule has 29 heavy (non-hydrogen) atoms. The van der Waals surface area contributed by atoms with E-state index in [0.29, 0.717) is 40.0 Å². The van der Waals surface area contributed by atoms with Gasteiger partial charge in [-0.3, -0.25) is 4.79 Å². The number of methoxy groups -OCH3 is 1. The Morgan fingerprint density at radius 3 is 2.90 bits per heavy atom. The Balaban J connectivity index is 1.62. The lowest BCUT2D eigenvalue weighted by molar-refractivity contribution is -0.147. The van der Waals surface area contributed by atoms with E-state index < -0.39 is 12.1 Å². The monoisotopic (exact) mass is 416 g/mol. The third-order valence-corrected chi connectivity index (χ3v) is 4.70. The number of fused-ring (bicyclic) bond motifs is 2. The zero-order valence-corrected chi connectivity index (χ0v) is 16.4. The molecule has 0 spiro atoms. The number of ketones is 1. The summed E-state index contributed by atoms with van der Waals surface area (Å²) in [5.74, 6) is 0.701. The van der Waals surface area contributed by atoms with Gasteiger partial charge in [0.15, 0.2) is 18.7 Å². The van der Waals surface area contributed by atoms with Crippen molar-refractivity contribution < 1.29 is 33.3 Å². The van der Waals surface area contributed by atoms with Gasteiger partial charge in [0.25, 0.3) is 0 Å². The van der Waals surface area contributed by atoms with Crippen LogP contribution in [0.5, 0.6) is 17.2 Å². The average Bonchev–Trinajstić information content (AvgIpc) is 3.02. The summed E-state index contributed by atoms with van der Waals surface area (Å²) < 4.78 is 26.8. The molecule has 0 fully saturated rings. The van der Waals surface area contributed by atoms with Crippen LogP contribution in [0, 0.1) is 0 Å². The molecule has 2 aliphatic rings. The van der Waals surface area contributed by atoms with Gasteiger partial charge in [0.2, 0.25) is 5.78 Å². The number of ether oxygens (including phenoxy) is 5. The predicted octanol–water partition coefficient (Wildman–Crippen LogP) is 3.76. The quantitative estimate of drug-likeness (QED) is 0.554. The Kier molecular flexibility index (Phi) is 5.17. The van der Waals surface area contributed by atoms with E-state index in [2.05, 4.69) is 4.74 Å². The third-order valence-electron chi connectivity index (χ3n) is 4.48. The highest BCUT2D eigenvalue weighted by atomic mass is 35.5. The van der Waals surface area contributed by atoms with Crippen molar-refractivity contribution in [2.24, 2.45) is 0 Å². The third kappa shape index (κ3) is 3.79. The number of Topliss-reactive ketones (excluding diaryl/α,β-unsaturated/α-hetero) is 1. The standard InChI is InChI=1S/C21H17ClO7/c1-11(21(24)25-2)28-15-3-4-16-17(8-15)29-18(19(16)23)7-12-5-14(22)6-13-9-26-10-27-20(12)13/h3-8,11H,9-10H2,1-2H3/b18-7-/t11-/m0/s1. The van der Waals surface area contributed by atoms with Gasteiger partial charge in [-0.2, -0.15) is 0 Å². The summed E-state index contributed by atoms with van der Waals surface area (Å²) in [6.07, 6.45) is 0.804. The van der Waals surface area contributed by atoms with E-state index in [4.69, 9.17) is 30.5 Å². The molecule has 1 atom stereocenters. The predicted molar refractivity (Wildman–Crippen MR) is 103 cm³/mol. The minimum atomic E-state index is -0.789. The number of carbonyl (C=O) groups is 2. The Labute approximate surface area is 171 Å².